The fourth-order valence-corrected chi connectivity index (χ4v) is 6.24. The van der Waals surface area contributed by atoms with Crippen LogP contribution in [0.3, 0.4) is 0 Å². The molecule has 2 fully saturated rings. The van der Waals surface area contributed by atoms with Crippen LogP contribution in [0.15, 0.2) is 58.5 Å². The Kier molecular flexibility index (Phi) is 8.86. The number of rotatable bonds is 8. The highest BCUT2D eigenvalue weighted by molar-refractivity contribution is 6.09. The summed E-state index contributed by atoms with van der Waals surface area (Å²) in [6, 6.07) is 16.0. The minimum Gasteiger partial charge on any atom is -0.489 e. The number of nitrogens with zero attached hydrogens (tertiary/aromatic N) is 6. The van der Waals surface area contributed by atoms with Crippen LogP contribution in [0.1, 0.15) is 29.5 Å². The zero-order valence-corrected chi connectivity index (χ0v) is 24.3. The van der Waals surface area contributed by atoms with Crippen LogP contribution >= 0.6 is 0 Å². The third kappa shape index (κ3) is 6.44. The smallest absolute Gasteiger partial charge is 0.251 e. The van der Waals surface area contributed by atoms with Crippen molar-refractivity contribution in [1.29, 1.82) is 5.26 Å². The predicted octanol–water partition coefficient (Wildman–Crippen LogP) is 2.73. The first-order chi connectivity index (χ1) is 21.4. The van der Waals surface area contributed by atoms with Crippen LogP contribution in [-0.2, 0) is 4.79 Å². The minimum absolute atomic E-state index is 0.120. The number of piperidine rings is 1. The van der Waals surface area contributed by atoms with Crippen LogP contribution < -0.4 is 15.0 Å². The Balaban J connectivity index is 1.11. The molecule has 4 heterocycles. The molecular weight excluding hydrogens is 568 g/mol. The highest BCUT2D eigenvalue weighted by Crippen LogP contribution is 2.32. The van der Waals surface area contributed by atoms with Crippen LogP contribution in [0, 0.1) is 17.2 Å². The standard InChI is InChI=1S/C32H35F2N7O3/c33-29(34)18-39-11-13-40(14-12-39)24-4-1-21(2-5-24)27-16-26-31(36-20-37-32(26)38-27)22-3-6-28(23(15-22)17-35)44-25-7-9-41(10-8-25)30(43)19-42/h1-6,15-16,20,25-26,29,32,38,42H,7-14,18-19H2. The topological polar surface area (TPSA) is 117 Å². The molecule has 1 amide bonds. The number of nitrogens with one attached hydrogen (secondary N) is 1. The van der Waals surface area contributed by atoms with E-state index in [1.165, 1.54) is 0 Å². The fourth-order valence-electron chi connectivity index (χ4n) is 6.24. The van der Waals surface area contributed by atoms with Gasteiger partial charge in [0.2, 0.25) is 5.91 Å². The summed E-state index contributed by atoms with van der Waals surface area (Å²) in [7, 11) is 0. The van der Waals surface area contributed by atoms with Crippen molar-refractivity contribution in [2.45, 2.75) is 31.5 Å². The van der Waals surface area contributed by atoms with Crippen molar-refractivity contribution in [3.05, 3.63) is 65.2 Å². The molecule has 0 spiro atoms. The van der Waals surface area contributed by atoms with Crippen molar-refractivity contribution >= 4 is 29.3 Å². The molecule has 2 aromatic carbocycles. The Labute approximate surface area is 254 Å². The van der Waals surface area contributed by atoms with Crippen molar-refractivity contribution in [3.8, 4) is 11.8 Å². The number of hydrogen-bond acceptors (Lipinski definition) is 9. The van der Waals surface area contributed by atoms with Crippen molar-refractivity contribution in [3.63, 3.8) is 0 Å². The van der Waals surface area contributed by atoms with Crippen molar-refractivity contribution in [1.82, 2.24) is 15.1 Å². The molecule has 10 nitrogen and oxygen atoms in total. The van der Waals surface area contributed by atoms with E-state index in [1.807, 2.05) is 12.1 Å². The maximum atomic E-state index is 12.7. The van der Waals surface area contributed by atoms with Gasteiger partial charge in [-0.05, 0) is 47.5 Å². The molecule has 44 heavy (non-hydrogen) atoms. The Bertz CT molecular complexity index is 1490. The summed E-state index contributed by atoms with van der Waals surface area (Å²) in [5.41, 5.74) is 5.08. The normalized spacial score (nSPS) is 22.2. The second kappa shape index (κ2) is 13.1. The molecule has 2 unspecified atom stereocenters. The lowest BCUT2D eigenvalue weighted by Gasteiger charge is -2.36. The number of benzene rings is 2. The number of fused-ring (bicyclic) bond motifs is 1. The number of hydrogen-bond donors (Lipinski definition) is 2. The quantitative estimate of drug-likeness (QED) is 0.477. The zero-order chi connectivity index (χ0) is 30.6. The summed E-state index contributed by atoms with van der Waals surface area (Å²) in [5, 5.41) is 22.5. The number of aliphatic hydroxyl groups excluding tert-OH is 1. The number of carbonyl (C=O) groups excluding carboxylic acids is 1. The summed E-state index contributed by atoms with van der Waals surface area (Å²) in [4.78, 5) is 26.5. The van der Waals surface area contributed by atoms with Gasteiger partial charge in [-0.15, -0.1) is 0 Å². The van der Waals surface area contributed by atoms with Gasteiger partial charge >= 0.3 is 0 Å². The van der Waals surface area contributed by atoms with Gasteiger partial charge in [-0.25, -0.2) is 18.8 Å². The second-order valence-electron chi connectivity index (χ2n) is 11.4. The maximum Gasteiger partial charge on any atom is 0.251 e. The number of nitriles is 1. The minimum atomic E-state index is -2.31. The number of piperazine rings is 1. The highest BCUT2D eigenvalue weighted by atomic mass is 19.3. The average molecular weight is 604 g/mol. The lowest BCUT2D eigenvalue weighted by molar-refractivity contribution is -0.135. The SMILES string of the molecule is N#Cc1cc(C2=NC=NC3NC(c4ccc(N5CCN(CC(F)F)CC5)cc4)=CC23)ccc1OC1CCN(C(=O)CO)CC1. The van der Waals surface area contributed by atoms with Crippen LogP contribution in [-0.4, -0.2) is 104 Å². The third-order valence-corrected chi connectivity index (χ3v) is 8.66. The fraction of sp³-hybridized carbons (Fsp3) is 0.438. The summed E-state index contributed by atoms with van der Waals surface area (Å²) in [5.74, 6) is 0.0991. The van der Waals surface area contributed by atoms with Crippen LogP contribution in [0.5, 0.6) is 5.75 Å². The molecule has 230 valence electrons. The Morgan fingerprint density at radius 1 is 1.07 bits per heavy atom. The van der Waals surface area contributed by atoms with E-state index >= 15 is 0 Å². The monoisotopic (exact) mass is 603 g/mol. The summed E-state index contributed by atoms with van der Waals surface area (Å²) in [6.07, 6.45) is 2.29. The number of ether oxygens (including phenoxy) is 1. The molecule has 2 N–H and O–H groups in total. The molecular formula is C32H35F2N7O3. The zero-order valence-electron chi connectivity index (χ0n) is 24.3. The number of likely N-dealkylation sites (tertiary alicyclic amines) is 1. The molecule has 0 bridgehead atoms. The number of carbonyl (C=O) groups is 1. The van der Waals surface area contributed by atoms with Gasteiger partial charge in [0.1, 0.15) is 37.0 Å². The molecule has 0 saturated carbocycles. The first-order valence-electron chi connectivity index (χ1n) is 14.9. The number of aliphatic hydroxyl groups is 1. The molecule has 0 radical (unpaired) electrons. The van der Waals surface area contributed by atoms with E-state index in [1.54, 1.807) is 22.2 Å². The van der Waals surface area contributed by atoms with Gasteiger partial charge in [0.05, 0.1) is 23.7 Å². The van der Waals surface area contributed by atoms with Gasteiger partial charge in [0.25, 0.3) is 6.43 Å². The van der Waals surface area contributed by atoms with Gasteiger partial charge < -0.3 is 25.0 Å². The molecule has 6 rings (SSSR count). The van der Waals surface area contributed by atoms with Gasteiger partial charge in [-0.2, -0.15) is 5.26 Å². The second-order valence-corrected chi connectivity index (χ2v) is 11.4. The number of anilines is 1. The van der Waals surface area contributed by atoms with E-state index in [2.05, 4.69) is 56.6 Å². The lowest BCUT2D eigenvalue weighted by atomic mass is 9.93. The van der Waals surface area contributed by atoms with Crippen molar-refractivity contribution in [2.75, 3.05) is 57.3 Å². The highest BCUT2D eigenvalue weighted by Gasteiger charge is 2.34. The van der Waals surface area contributed by atoms with E-state index in [0.29, 0.717) is 63.4 Å². The molecule has 0 aromatic heterocycles. The molecule has 12 heteroatoms. The third-order valence-electron chi connectivity index (χ3n) is 8.66. The van der Waals surface area contributed by atoms with Crippen LogP contribution in [0.25, 0.3) is 5.70 Å². The van der Waals surface area contributed by atoms with E-state index in [-0.39, 0.29) is 30.6 Å². The average Bonchev–Trinajstić information content (AvgIpc) is 3.50. The summed E-state index contributed by atoms with van der Waals surface area (Å²) < 4.78 is 31.6. The summed E-state index contributed by atoms with van der Waals surface area (Å²) >= 11 is 0. The molecule has 2 saturated heterocycles. The summed E-state index contributed by atoms with van der Waals surface area (Å²) in [6.45, 7) is 3.02. The molecule has 2 aromatic rings. The van der Waals surface area contributed by atoms with E-state index in [4.69, 9.17) is 9.84 Å². The Morgan fingerprint density at radius 3 is 2.48 bits per heavy atom. The van der Waals surface area contributed by atoms with E-state index < -0.39 is 13.0 Å². The van der Waals surface area contributed by atoms with Gasteiger partial charge in [-0.1, -0.05) is 12.1 Å². The number of amides is 1. The van der Waals surface area contributed by atoms with Gasteiger partial charge in [-0.3, -0.25) is 9.69 Å². The molecule has 4 aliphatic rings. The van der Waals surface area contributed by atoms with Gasteiger partial charge in [0.15, 0.2) is 0 Å². The Hall–Kier alpha value is -4.34. The first kappa shape index (κ1) is 29.7. The Morgan fingerprint density at radius 2 is 1.80 bits per heavy atom. The van der Waals surface area contributed by atoms with E-state index in [0.717, 1.165) is 28.2 Å². The van der Waals surface area contributed by atoms with Crippen molar-refractivity contribution < 1.29 is 23.4 Å². The predicted molar refractivity (Wildman–Crippen MR) is 163 cm³/mol. The number of halogens is 2. The van der Waals surface area contributed by atoms with Crippen molar-refractivity contribution in [2.24, 2.45) is 15.9 Å². The maximum absolute atomic E-state index is 12.7. The largest absolute Gasteiger partial charge is 0.489 e. The van der Waals surface area contributed by atoms with Gasteiger partial charge in [0, 0.05) is 63.5 Å². The molecule has 2 atom stereocenters. The molecule has 4 aliphatic heterocycles. The first-order valence-corrected chi connectivity index (χ1v) is 14.9. The van der Waals surface area contributed by atoms with Crippen LogP contribution in [0.2, 0.25) is 0 Å². The number of alkyl halides is 2. The van der Waals surface area contributed by atoms with E-state index in [9.17, 15) is 18.8 Å². The number of aliphatic imine (C=N–C) groups is 2. The lowest BCUT2D eigenvalue weighted by Crippen LogP contribution is -2.47. The van der Waals surface area contributed by atoms with Crippen LogP contribution in [0.4, 0.5) is 14.5 Å². The molecule has 0 aliphatic carbocycles.